The maximum absolute atomic E-state index is 13.6. The van der Waals surface area contributed by atoms with Crippen LogP contribution < -0.4 is 0 Å². The Hall–Kier alpha value is -3.55. The molecule has 1 aromatic heterocycles. The Morgan fingerprint density at radius 2 is 1.93 bits per heavy atom. The van der Waals surface area contributed by atoms with E-state index in [0.717, 1.165) is 11.6 Å². The van der Waals surface area contributed by atoms with E-state index in [1.54, 1.807) is 36.4 Å². The molecule has 2 aromatic carbocycles. The zero-order valence-corrected chi connectivity index (χ0v) is 26.1. The average molecular weight is 650 g/mol. The predicted molar refractivity (Wildman–Crippen MR) is 163 cm³/mol. The van der Waals surface area contributed by atoms with Crippen molar-refractivity contribution in [3.05, 3.63) is 69.2 Å². The Balaban J connectivity index is 1.29. The SMILES string of the molecule is COC[C@@H]1CN(C2=NC(=O)C(=Cc3ccc4c(cnn4Cc4ccc(Cl)cc4C(F)(F)F)c3)S2)CCN1C(=O)OC(C)(C)C. The van der Waals surface area contributed by atoms with Crippen LogP contribution in [0.1, 0.15) is 37.5 Å². The third-order valence-electron chi connectivity index (χ3n) is 7.01. The van der Waals surface area contributed by atoms with Crippen LogP contribution in [0.5, 0.6) is 0 Å². The Morgan fingerprint density at radius 1 is 1.16 bits per heavy atom. The van der Waals surface area contributed by atoms with Crippen LogP contribution in [0.3, 0.4) is 0 Å². The van der Waals surface area contributed by atoms with E-state index in [4.69, 9.17) is 21.1 Å². The van der Waals surface area contributed by atoms with Crippen molar-refractivity contribution < 1.29 is 32.2 Å². The molecule has 0 radical (unpaired) electrons. The second kappa shape index (κ2) is 12.4. The van der Waals surface area contributed by atoms with Gasteiger partial charge in [0.2, 0.25) is 0 Å². The van der Waals surface area contributed by atoms with Gasteiger partial charge < -0.3 is 14.4 Å². The molecule has 44 heavy (non-hydrogen) atoms. The molecule has 1 fully saturated rings. The lowest BCUT2D eigenvalue weighted by Crippen LogP contribution is -2.58. The van der Waals surface area contributed by atoms with Gasteiger partial charge in [0.25, 0.3) is 5.91 Å². The highest BCUT2D eigenvalue weighted by Crippen LogP contribution is 2.35. The zero-order chi connectivity index (χ0) is 31.8. The second-order valence-electron chi connectivity index (χ2n) is 11.5. The summed E-state index contributed by atoms with van der Waals surface area (Å²) in [4.78, 5) is 33.9. The summed E-state index contributed by atoms with van der Waals surface area (Å²) in [6, 6.07) is 8.76. The Bertz CT molecular complexity index is 1650. The maximum atomic E-state index is 13.6. The molecule has 234 valence electrons. The first-order valence-corrected chi connectivity index (χ1v) is 15.0. The predicted octanol–water partition coefficient (Wildman–Crippen LogP) is 6.29. The number of carbonyl (C=O) groups excluding carboxylic acids is 2. The summed E-state index contributed by atoms with van der Waals surface area (Å²) in [6.07, 6.45) is -1.66. The minimum absolute atomic E-state index is 0.00777. The van der Waals surface area contributed by atoms with Crippen molar-refractivity contribution in [2.24, 2.45) is 4.99 Å². The molecular weight excluding hydrogens is 619 g/mol. The van der Waals surface area contributed by atoms with Gasteiger partial charge in [0.05, 0.1) is 41.4 Å². The Kier molecular flexibility index (Phi) is 9.01. The van der Waals surface area contributed by atoms with Crippen LogP contribution in [0, 0.1) is 0 Å². The minimum atomic E-state index is -4.55. The first-order chi connectivity index (χ1) is 20.7. The highest BCUT2D eigenvalue weighted by molar-refractivity contribution is 8.18. The Labute approximate surface area is 261 Å². The molecule has 0 spiro atoms. The molecule has 0 saturated carbocycles. The average Bonchev–Trinajstić information content (AvgIpc) is 3.50. The van der Waals surface area contributed by atoms with Gasteiger partial charge in [0.1, 0.15) is 5.60 Å². The summed E-state index contributed by atoms with van der Waals surface area (Å²) in [7, 11) is 1.57. The first kappa shape index (κ1) is 31.9. The van der Waals surface area contributed by atoms with E-state index in [1.165, 1.54) is 28.6 Å². The standard InChI is InChI=1S/C30H31ClF3N5O4S/c1-29(2,3)43-28(41)38-10-9-37(16-22(38)17-42-4)27-36-26(40)25(44-27)12-18-5-8-24-20(11-18)14-35-39(24)15-19-6-7-21(31)13-23(19)30(32,33)34/h5-8,11-14,22H,9-10,15-17H2,1-4H3/t22-/m0/s1. The minimum Gasteiger partial charge on any atom is -0.444 e. The molecule has 0 N–H and O–H groups in total. The van der Waals surface area contributed by atoms with E-state index >= 15 is 0 Å². The molecule has 0 bridgehead atoms. The highest BCUT2D eigenvalue weighted by Gasteiger charge is 2.37. The van der Waals surface area contributed by atoms with Crippen molar-refractivity contribution in [2.45, 2.75) is 45.1 Å². The number of halogens is 4. The number of alkyl halides is 3. The van der Waals surface area contributed by atoms with E-state index < -0.39 is 23.4 Å². The number of carbonyl (C=O) groups is 2. The van der Waals surface area contributed by atoms with Crippen molar-refractivity contribution >= 4 is 57.5 Å². The molecule has 2 aliphatic rings. The lowest BCUT2D eigenvalue weighted by molar-refractivity contribution is -0.138. The molecule has 1 atom stereocenters. The van der Waals surface area contributed by atoms with E-state index in [9.17, 15) is 22.8 Å². The van der Waals surface area contributed by atoms with Crippen molar-refractivity contribution in [3.63, 3.8) is 0 Å². The van der Waals surface area contributed by atoms with Gasteiger partial charge >= 0.3 is 12.3 Å². The van der Waals surface area contributed by atoms with Gasteiger partial charge in [-0.15, -0.1) is 0 Å². The van der Waals surface area contributed by atoms with Gasteiger partial charge in [0, 0.05) is 37.2 Å². The van der Waals surface area contributed by atoms with Gasteiger partial charge in [-0.05, 0) is 74.0 Å². The lowest BCUT2D eigenvalue weighted by atomic mass is 10.1. The number of nitrogens with zero attached hydrogens (tertiary/aromatic N) is 5. The number of hydrogen-bond acceptors (Lipinski definition) is 7. The summed E-state index contributed by atoms with van der Waals surface area (Å²) in [6.45, 7) is 6.93. The van der Waals surface area contributed by atoms with Crippen LogP contribution in [0.2, 0.25) is 5.02 Å². The summed E-state index contributed by atoms with van der Waals surface area (Å²) in [5.41, 5.74) is -0.0144. The van der Waals surface area contributed by atoms with E-state index in [0.29, 0.717) is 47.2 Å². The Morgan fingerprint density at radius 3 is 2.64 bits per heavy atom. The number of aliphatic imine (C=N–C) groups is 1. The van der Waals surface area contributed by atoms with E-state index in [-0.39, 0.29) is 29.1 Å². The zero-order valence-electron chi connectivity index (χ0n) is 24.5. The number of fused-ring (bicyclic) bond motifs is 1. The number of aromatic nitrogens is 2. The first-order valence-electron chi connectivity index (χ1n) is 13.8. The number of ether oxygens (including phenoxy) is 2. The highest BCUT2D eigenvalue weighted by atomic mass is 35.5. The number of rotatable bonds is 5. The largest absolute Gasteiger partial charge is 0.444 e. The summed E-state index contributed by atoms with van der Waals surface area (Å²) in [5, 5.41) is 5.56. The van der Waals surface area contributed by atoms with Crippen molar-refractivity contribution in [1.82, 2.24) is 19.6 Å². The van der Waals surface area contributed by atoms with E-state index in [2.05, 4.69) is 10.1 Å². The molecule has 1 saturated heterocycles. The second-order valence-corrected chi connectivity index (χ2v) is 12.9. The third kappa shape index (κ3) is 7.22. The third-order valence-corrected chi connectivity index (χ3v) is 8.29. The van der Waals surface area contributed by atoms with Gasteiger partial charge in [-0.3, -0.25) is 14.4 Å². The van der Waals surface area contributed by atoms with E-state index in [1.807, 2.05) is 31.7 Å². The molecule has 3 aromatic rings. The number of methoxy groups -OCH3 is 1. The van der Waals surface area contributed by atoms with Crippen LogP contribution in [-0.4, -0.2) is 81.7 Å². The number of amidine groups is 1. The fourth-order valence-corrected chi connectivity index (χ4v) is 6.16. The van der Waals surface area contributed by atoms with Gasteiger partial charge in [-0.1, -0.05) is 23.7 Å². The topological polar surface area (TPSA) is 89.3 Å². The van der Waals surface area contributed by atoms with Crippen molar-refractivity contribution in [1.29, 1.82) is 0 Å². The van der Waals surface area contributed by atoms with Gasteiger partial charge in [-0.2, -0.15) is 23.3 Å². The number of piperazine rings is 1. The summed E-state index contributed by atoms with van der Waals surface area (Å²) >= 11 is 7.07. The molecule has 2 amide bonds. The lowest BCUT2D eigenvalue weighted by Gasteiger charge is -2.41. The normalized spacial score (nSPS) is 18.8. The molecule has 14 heteroatoms. The number of benzene rings is 2. The van der Waals surface area contributed by atoms with Crippen LogP contribution in [0.15, 0.2) is 52.5 Å². The molecule has 9 nitrogen and oxygen atoms in total. The molecule has 0 aliphatic carbocycles. The smallest absolute Gasteiger partial charge is 0.416 e. The van der Waals surface area contributed by atoms with Crippen LogP contribution in [0.25, 0.3) is 17.0 Å². The molecule has 0 unspecified atom stereocenters. The molecule has 2 aliphatic heterocycles. The number of thioether (sulfide) groups is 1. The van der Waals surface area contributed by atoms with Gasteiger partial charge in [0.15, 0.2) is 5.17 Å². The summed E-state index contributed by atoms with van der Waals surface area (Å²) < 4.78 is 53.2. The van der Waals surface area contributed by atoms with Crippen LogP contribution >= 0.6 is 23.4 Å². The summed E-state index contributed by atoms with van der Waals surface area (Å²) in [5.74, 6) is -0.374. The fraction of sp³-hybridized carbons (Fsp3) is 0.400. The van der Waals surface area contributed by atoms with Crippen LogP contribution in [0.4, 0.5) is 18.0 Å². The van der Waals surface area contributed by atoms with Crippen molar-refractivity contribution in [3.8, 4) is 0 Å². The van der Waals surface area contributed by atoms with Gasteiger partial charge in [-0.25, -0.2) is 4.79 Å². The molecular formula is C30H31ClF3N5O4S. The maximum Gasteiger partial charge on any atom is 0.416 e. The molecule has 5 rings (SSSR count). The fourth-order valence-electron chi connectivity index (χ4n) is 5.04. The van der Waals surface area contributed by atoms with Crippen molar-refractivity contribution in [2.75, 3.05) is 33.4 Å². The van der Waals surface area contributed by atoms with Crippen LogP contribution in [-0.2, 0) is 27.0 Å². The number of amides is 2. The quantitative estimate of drug-likeness (QED) is 0.300. The number of hydrogen-bond donors (Lipinski definition) is 0. The molecule has 3 heterocycles. The monoisotopic (exact) mass is 649 g/mol.